The molecule has 18 heavy (non-hydrogen) atoms. The van der Waals surface area contributed by atoms with E-state index in [4.69, 9.17) is 10.8 Å². The van der Waals surface area contributed by atoms with Crippen LogP contribution in [-0.4, -0.2) is 46.1 Å². The van der Waals surface area contributed by atoms with Crippen molar-refractivity contribution in [3.8, 4) is 0 Å². The number of hydrogen-bond acceptors (Lipinski definition) is 4. The summed E-state index contributed by atoms with van der Waals surface area (Å²) >= 11 is 1.50. The molecule has 1 fully saturated rings. The smallest absolute Gasteiger partial charge is 0.327 e. The van der Waals surface area contributed by atoms with E-state index in [0.717, 1.165) is 19.3 Å². The number of carbonyl (C=O) groups excluding carboxylic acids is 1. The highest BCUT2D eigenvalue weighted by molar-refractivity contribution is 7.99. The fourth-order valence-corrected chi connectivity index (χ4v) is 3.32. The molecule has 5 nitrogen and oxygen atoms in total. The second-order valence-electron chi connectivity index (χ2n) is 4.61. The summed E-state index contributed by atoms with van der Waals surface area (Å²) in [6.07, 6.45) is 3.19. The molecule has 1 aliphatic rings. The lowest BCUT2D eigenvalue weighted by Gasteiger charge is -2.21. The fraction of sp³-hybridized carbons (Fsp3) is 0.833. The minimum atomic E-state index is -0.901. The van der Waals surface area contributed by atoms with Crippen LogP contribution >= 0.6 is 11.8 Å². The molecular formula is C12H22N2O3S. The maximum atomic E-state index is 12.0. The number of hydrogen-bond donors (Lipinski definition) is 2. The van der Waals surface area contributed by atoms with Gasteiger partial charge in [-0.05, 0) is 25.3 Å². The summed E-state index contributed by atoms with van der Waals surface area (Å²) in [5.74, 6) is 0.535. The Morgan fingerprint density at radius 2 is 2.22 bits per heavy atom. The van der Waals surface area contributed by atoms with E-state index >= 15 is 0 Å². The van der Waals surface area contributed by atoms with Crippen molar-refractivity contribution >= 4 is 23.6 Å². The number of nitrogens with zero attached hydrogens (tertiary/aromatic N) is 1. The van der Waals surface area contributed by atoms with Crippen LogP contribution in [0.2, 0.25) is 0 Å². The molecule has 1 saturated heterocycles. The van der Waals surface area contributed by atoms with Crippen LogP contribution in [0, 0.1) is 5.92 Å². The third kappa shape index (κ3) is 4.17. The molecule has 0 bridgehead atoms. The van der Waals surface area contributed by atoms with Gasteiger partial charge in [0.25, 0.3) is 0 Å². The zero-order chi connectivity index (χ0) is 13.5. The number of aliphatic carboxylic acids is 1. The first-order chi connectivity index (χ1) is 8.60. The predicted molar refractivity (Wildman–Crippen MR) is 72.3 cm³/mol. The Labute approximate surface area is 112 Å². The van der Waals surface area contributed by atoms with Crippen LogP contribution < -0.4 is 5.73 Å². The van der Waals surface area contributed by atoms with Gasteiger partial charge in [0.2, 0.25) is 5.91 Å². The molecule has 0 saturated carbocycles. The molecule has 3 N–H and O–H groups in total. The third-order valence-electron chi connectivity index (χ3n) is 3.41. The van der Waals surface area contributed by atoms with E-state index in [1.165, 1.54) is 16.7 Å². The van der Waals surface area contributed by atoms with E-state index in [2.05, 4.69) is 6.92 Å². The van der Waals surface area contributed by atoms with Crippen LogP contribution in [0.25, 0.3) is 0 Å². The van der Waals surface area contributed by atoms with E-state index in [1.807, 2.05) is 0 Å². The number of thioether (sulfide) groups is 1. The highest BCUT2D eigenvalue weighted by Crippen LogP contribution is 2.23. The summed E-state index contributed by atoms with van der Waals surface area (Å²) in [6, 6.07) is -0.642. The Hall–Kier alpha value is -0.750. The van der Waals surface area contributed by atoms with Crippen molar-refractivity contribution in [2.75, 3.05) is 18.2 Å². The SMILES string of the molecule is CCC(CCN)CCC(=O)N1CSC[C@H]1C(=O)O. The second-order valence-corrected chi connectivity index (χ2v) is 5.61. The number of amides is 1. The van der Waals surface area contributed by atoms with Crippen molar-refractivity contribution < 1.29 is 14.7 Å². The molecule has 0 aliphatic carbocycles. The molecule has 0 aromatic rings. The average molecular weight is 274 g/mol. The van der Waals surface area contributed by atoms with Gasteiger partial charge in [0, 0.05) is 12.2 Å². The number of rotatable bonds is 7. The van der Waals surface area contributed by atoms with E-state index in [9.17, 15) is 9.59 Å². The Kier molecular flexibility index (Phi) is 6.49. The summed E-state index contributed by atoms with van der Waals surface area (Å²) in [4.78, 5) is 24.5. The van der Waals surface area contributed by atoms with Crippen LogP contribution in [0.15, 0.2) is 0 Å². The summed E-state index contributed by atoms with van der Waals surface area (Å²) in [5.41, 5.74) is 5.52. The zero-order valence-electron chi connectivity index (χ0n) is 10.8. The average Bonchev–Trinajstić information content (AvgIpc) is 2.83. The van der Waals surface area contributed by atoms with Crippen molar-refractivity contribution in [2.45, 2.75) is 38.6 Å². The molecule has 1 rings (SSSR count). The van der Waals surface area contributed by atoms with Gasteiger partial charge in [0.15, 0.2) is 0 Å². The molecule has 1 amide bonds. The summed E-state index contributed by atoms with van der Waals surface area (Å²) in [7, 11) is 0. The topological polar surface area (TPSA) is 83.6 Å². The van der Waals surface area contributed by atoms with Gasteiger partial charge in [-0.1, -0.05) is 13.3 Å². The zero-order valence-corrected chi connectivity index (χ0v) is 11.6. The Morgan fingerprint density at radius 1 is 1.50 bits per heavy atom. The maximum Gasteiger partial charge on any atom is 0.327 e. The molecule has 2 atom stereocenters. The van der Waals surface area contributed by atoms with Gasteiger partial charge >= 0.3 is 5.97 Å². The maximum absolute atomic E-state index is 12.0. The number of carboxylic acid groups (broad SMARTS) is 1. The van der Waals surface area contributed by atoms with Gasteiger partial charge in [0.05, 0.1) is 5.88 Å². The van der Waals surface area contributed by atoms with E-state index in [-0.39, 0.29) is 5.91 Å². The first kappa shape index (κ1) is 15.3. The van der Waals surface area contributed by atoms with Gasteiger partial charge < -0.3 is 15.7 Å². The molecule has 0 spiro atoms. The summed E-state index contributed by atoms with van der Waals surface area (Å²) in [6.45, 7) is 2.74. The molecule has 0 radical (unpaired) electrons. The minimum absolute atomic E-state index is 0.0390. The Bertz CT molecular complexity index is 299. The van der Waals surface area contributed by atoms with Gasteiger partial charge in [-0.3, -0.25) is 4.79 Å². The minimum Gasteiger partial charge on any atom is -0.480 e. The first-order valence-electron chi connectivity index (χ1n) is 6.40. The van der Waals surface area contributed by atoms with Crippen LogP contribution in [0.3, 0.4) is 0 Å². The third-order valence-corrected chi connectivity index (χ3v) is 4.42. The summed E-state index contributed by atoms with van der Waals surface area (Å²) < 4.78 is 0. The van der Waals surface area contributed by atoms with Crippen LogP contribution in [-0.2, 0) is 9.59 Å². The van der Waals surface area contributed by atoms with Crippen molar-refractivity contribution in [1.82, 2.24) is 4.90 Å². The molecule has 104 valence electrons. The largest absolute Gasteiger partial charge is 0.480 e. The normalized spacial score (nSPS) is 21.0. The fourth-order valence-electron chi connectivity index (χ4n) is 2.15. The standard InChI is InChI=1S/C12H22N2O3S/c1-2-9(5-6-13)3-4-11(15)14-8-18-7-10(14)12(16)17/h9-10H,2-8,13H2,1H3,(H,16,17)/t9?,10-/m0/s1. The number of carboxylic acids is 1. The lowest BCUT2D eigenvalue weighted by Crippen LogP contribution is -2.41. The highest BCUT2D eigenvalue weighted by atomic mass is 32.2. The molecule has 1 aliphatic heterocycles. The van der Waals surface area contributed by atoms with Gasteiger partial charge in [-0.25, -0.2) is 4.79 Å². The van der Waals surface area contributed by atoms with E-state index in [0.29, 0.717) is 30.5 Å². The number of carbonyl (C=O) groups is 2. The van der Waals surface area contributed by atoms with E-state index in [1.54, 1.807) is 0 Å². The predicted octanol–water partition coefficient (Wildman–Crippen LogP) is 1.13. The van der Waals surface area contributed by atoms with Crippen molar-refractivity contribution in [2.24, 2.45) is 11.7 Å². The quantitative estimate of drug-likeness (QED) is 0.727. The summed E-state index contributed by atoms with van der Waals surface area (Å²) in [5, 5.41) is 9.02. The van der Waals surface area contributed by atoms with Crippen molar-refractivity contribution in [1.29, 1.82) is 0 Å². The first-order valence-corrected chi connectivity index (χ1v) is 7.55. The highest BCUT2D eigenvalue weighted by Gasteiger charge is 2.34. The molecule has 0 aromatic heterocycles. The molecular weight excluding hydrogens is 252 g/mol. The lowest BCUT2D eigenvalue weighted by atomic mass is 9.96. The second kappa shape index (κ2) is 7.63. The number of nitrogens with two attached hydrogens (primary N) is 1. The molecule has 1 heterocycles. The Balaban J connectivity index is 2.42. The van der Waals surface area contributed by atoms with Crippen LogP contribution in [0.5, 0.6) is 0 Å². The van der Waals surface area contributed by atoms with Crippen LogP contribution in [0.1, 0.15) is 32.6 Å². The van der Waals surface area contributed by atoms with Crippen LogP contribution in [0.4, 0.5) is 0 Å². The Morgan fingerprint density at radius 3 is 2.78 bits per heavy atom. The molecule has 1 unspecified atom stereocenters. The van der Waals surface area contributed by atoms with Gasteiger partial charge in [-0.15, -0.1) is 11.8 Å². The van der Waals surface area contributed by atoms with Crippen molar-refractivity contribution in [3.63, 3.8) is 0 Å². The van der Waals surface area contributed by atoms with E-state index < -0.39 is 12.0 Å². The lowest BCUT2D eigenvalue weighted by molar-refractivity contribution is -0.147. The van der Waals surface area contributed by atoms with Crippen molar-refractivity contribution in [3.05, 3.63) is 0 Å². The molecule has 0 aromatic carbocycles. The van der Waals surface area contributed by atoms with Gasteiger partial charge in [-0.2, -0.15) is 0 Å². The monoisotopic (exact) mass is 274 g/mol. The van der Waals surface area contributed by atoms with Gasteiger partial charge in [0.1, 0.15) is 6.04 Å². The molecule has 6 heteroatoms.